The molecule has 0 bridgehead atoms. The van der Waals surface area contributed by atoms with Crippen molar-refractivity contribution >= 4 is 41.3 Å². The molecular formula is C21H28IN5S. The number of hydrogen-bond acceptors (Lipinski definition) is 3. The van der Waals surface area contributed by atoms with E-state index in [-0.39, 0.29) is 24.0 Å². The number of nitrogens with one attached hydrogen (secondary N) is 2. The van der Waals surface area contributed by atoms with Crippen LogP contribution in [0.15, 0.2) is 59.9 Å². The summed E-state index contributed by atoms with van der Waals surface area (Å²) in [5.41, 5.74) is 1.26. The molecule has 5 nitrogen and oxygen atoms in total. The van der Waals surface area contributed by atoms with Crippen molar-refractivity contribution in [3.8, 4) is 0 Å². The molecule has 0 aliphatic carbocycles. The average molecular weight is 509 g/mol. The van der Waals surface area contributed by atoms with Crippen molar-refractivity contribution in [3.63, 3.8) is 0 Å². The fourth-order valence-corrected chi connectivity index (χ4v) is 3.68. The summed E-state index contributed by atoms with van der Waals surface area (Å²) < 4.78 is 2.15. The first-order valence-electron chi connectivity index (χ1n) is 9.42. The molecule has 1 aromatic carbocycles. The molecule has 0 radical (unpaired) electrons. The van der Waals surface area contributed by atoms with Gasteiger partial charge < -0.3 is 15.2 Å². The van der Waals surface area contributed by atoms with Crippen molar-refractivity contribution in [2.24, 2.45) is 4.99 Å². The Hall–Kier alpha value is -1.87. The Kier molecular flexibility index (Phi) is 9.49. The second-order valence-electron chi connectivity index (χ2n) is 6.23. The zero-order valence-electron chi connectivity index (χ0n) is 16.4. The smallest absolute Gasteiger partial charge is 0.191 e. The summed E-state index contributed by atoms with van der Waals surface area (Å²) in [5, 5.41) is 6.73. The van der Waals surface area contributed by atoms with E-state index in [4.69, 9.17) is 4.99 Å². The quantitative estimate of drug-likeness (QED) is 0.269. The number of rotatable bonds is 8. The molecule has 0 aliphatic rings. The highest BCUT2D eigenvalue weighted by molar-refractivity contribution is 14.0. The Labute approximate surface area is 188 Å². The van der Waals surface area contributed by atoms with Crippen molar-refractivity contribution in [2.45, 2.75) is 39.9 Å². The summed E-state index contributed by atoms with van der Waals surface area (Å²) in [6.45, 7) is 7.23. The fourth-order valence-electron chi connectivity index (χ4n) is 2.79. The van der Waals surface area contributed by atoms with Crippen molar-refractivity contribution in [1.29, 1.82) is 0 Å². The number of guanidine groups is 1. The first-order chi connectivity index (χ1) is 13.3. The minimum Gasteiger partial charge on any atom is -0.357 e. The molecule has 28 heavy (non-hydrogen) atoms. The van der Waals surface area contributed by atoms with Crippen LogP contribution in [0, 0.1) is 0 Å². The molecule has 3 aromatic rings. The zero-order valence-corrected chi connectivity index (χ0v) is 19.5. The molecule has 0 spiro atoms. The van der Waals surface area contributed by atoms with Gasteiger partial charge in [0.2, 0.25) is 0 Å². The molecule has 0 saturated carbocycles. The predicted octanol–water partition coefficient (Wildman–Crippen LogP) is 4.43. The van der Waals surface area contributed by atoms with Gasteiger partial charge in [-0.3, -0.25) is 0 Å². The lowest BCUT2D eigenvalue weighted by atomic mass is 10.2. The van der Waals surface area contributed by atoms with E-state index >= 15 is 0 Å². The maximum Gasteiger partial charge on any atom is 0.191 e. The number of halogens is 1. The summed E-state index contributed by atoms with van der Waals surface area (Å²) in [5.74, 6) is 1.78. The molecule has 2 N–H and O–H groups in total. The van der Waals surface area contributed by atoms with Crippen molar-refractivity contribution in [2.75, 3.05) is 6.54 Å². The van der Waals surface area contributed by atoms with Gasteiger partial charge in [-0.25, -0.2) is 9.98 Å². The number of aliphatic imine (C=N–C) groups is 1. The first kappa shape index (κ1) is 22.4. The molecule has 0 aliphatic heterocycles. The van der Waals surface area contributed by atoms with Crippen LogP contribution < -0.4 is 10.6 Å². The van der Waals surface area contributed by atoms with E-state index in [2.05, 4.69) is 70.4 Å². The van der Waals surface area contributed by atoms with Crippen LogP contribution in [0.1, 0.15) is 35.0 Å². The lowest BCUT2D eigenvalue weighted by molar-refractivity contribution is 0.717. The van der Waals surface area contributed by atoms with Gasteiger partial charge in [0.25, 0.3) is 0 Å². The van der Waals surface area contributed by atoms with Gasteiger partial charge in [0, 0.05) is 35.2 Å². The van der Waals surface area contributed by atoms with Crippen LogP contribution >= 0.6 is 35.3 Å². The van der Waals surface area contributed by atoms with E-state index in [1.54, 1.807) is 0 Å². The minimum atomic E-state index is 0. The van der Waals surface area contributed by atoms with Gasteiger partial charge in [0.1, 0.15) is 12.4 Å². The monoisotopic (exact) mass is 509 g/mol. The highest BCUT2D eigenvalue weighted by Gasteiger charge is 2.05. The third kappa shape index (κ3) is 6.63. The average Bonchev–Trinajstić information content (AvgIpc) is 3.34. The largest absolute Gasteiger partial charge is 0.357 e. The fraction of sp³-hybridized carbons (Fsp3) is 0.333. The van der Waals surface area contributed by atoms with Gasteiger partial charge >= 0.3 is 0 Å². The predicted molar refractivity (Wildman–Crippen MR) is 129 cm³/mol. The molecule has 0 atom stereocenters. The van der Waals surface area contributed by atoms with Gasteiger partial charge in [0.15, 0.2) is 5.96 Å². The number of aryl methyl sites for hydroxylation is 1. The summed E-state index contributed by atoms with van der Waals surface area (Å²) in [4.78, 5) is 11.9. The maximum absolute atomic E-state index is 4.72. The molecule has 2 aromatic heterocycles. The highest BCUT2D eigenvalue weighted by Crippen LogP contribution is 2.16. The third-order valence-electron chi connectivity index (χ3n) is 4.22. The Morgan fingerprint density at radius 2 is 1.86 bits per heavy atom. The van der Waals surface area contributed by atoms with E-state index in [9.17, 15) is 0 Å². The van der Waals surface area contributed by atoms with Crippen LogP contribution in [0.2, 0.25) is 0 Å². The summed E-state index contributed by atoms with van der Waals surface area (Å²) in [6, 6.07) is 14.8. The van der Waals surface area contributed by atoms with Crippen molar-refractivity contribution in [3.05, 3.63) is 76.0 Å². The number of imidazole rings is 1. The first-order valence-corrected chi connectivity index (χ1v) is 10.2. The molecule has 0 amide bonds. The second kappa shape index (κ2) is 11.9. The van der Waals surface area contributed by atoms with E-state index in [1.807, 2.05) is 29.8 Å². The van der Waals surface area contributed by atoms with Gasteiger partial charge in [-0.05, 0) is 31.0 Å². The van der Waals surface area contributed by atoms with Gasteiger partial charge in [-0.2, -0.15) is 0 Å². The van der Waals surface area contributed by atoms with Crippen molar-refractivity contribution < 1.29 is 0 Å². The molecule has 0 saturated heterocycles. The molecule has 150 valence electrons. The molecule has 0 unspecified atom stereocenters. The van der Waals surface area contributed by atoms with Gasteiger partial charge in [0.05, 0.1) is 6.54 Å². The molecule has 7 heteroatoms. The Balaban J connectivity index is 0.00000280. The van der Waals surface area contributed by atoms with Gasteiger partial charge in [-0.1, -0.05) is 37.3 Å². The SMILES string of the molecule is CCNC(=NCc1nccn1Cc1ccccc1)NCc1ccc(CC)s1.I. The summed E-state index contributed by atoms with van der Waals surface area (Å²) in [7, 11) is 0. The van der Waals surface area contributed by atoms with Crippen molar-refractivity contribution in [1.82, 2.24) is 20.2 Å². The Morgan fingerprint density at radius 3 is 2.57 bits per heavy atom. The van der Waals surface area contributed by atoms with E-state index in [1.165, 1.54) is 15.3 Å². The number of hydrogen-bond donors (Lipinski definition) is 2. The van der Waals surface area contributed by atoms with Crippen LogP contribution in [0.5, 0.6) is 0 Å². The Bertz CT molecular complexity index is 857. The maximum atomic E-state index is 4.72. The van der Waals surface area contributed by atoms with Crippen LogP contribution in [0.4, 0.5) is 0 Å². The van der Waals surface area contributed by atoms with Gasteiger partial charge in [-0.15, -0.1) is 35.3 Å². The normalized spacial score (nSPS) is 11.1. The highest BCUT2D eigenvalue weighted by atomic mass is 127. The van der Waals surface area contributed by atoms with E-state index < -0.39 is 0 Å². The third-order valence-corrected chi connectivity index (χ3v) is 5.45. The molecule has 2 heterocycles. The second-order valence-corrected chi connectivity index (χ2v) is 7.48. The van der Waals surface area contributed by atoms with E-state index in [0.29, 0.717) is 6.54 Å². The van der Waals surface area contributed by atoms with E-state index in [0.717, 1.165) is 37.8 Å². The van der Waals surface area contributed by atoms with Crippen LogP contribution in [-0.4, -0.2) is 22.1 Å². The van der Waals surface area contributed by atoms with Crippen LogP contribution in [0.25, 0.3) is 0 Å². The lowest BCUT2D eigenvalue weighted by Gasteiger charge is -2.11. The lowest BCUT2D eigenvalue weighted by Crippen LogP contribution is -2.36. The number of benzene rings is 1. The standard InChI is InChI=1S/C21H27N5S.HI/c1-3-18-10-11-19(27-18)14-24-21(22-4-2)25-15-20-23-12-13-26(20)16-17-8-6-5-7-9-17;/h5-13H,3-4,14-16H2,1-2H3,(H2,22,24,25);1H. The number of nitrogens with zero attached hydrogens (tertiary/aromatic N) is 3. The minimum absolute atomic E-state index is 0. The topological polar surface area (TPSA) is 54.2 Å². The molecular weight excluding hydrogens is 481 g/mol. The number of thiophene rings is 1. The zero-order chi connectivity index (χ0) is 18.9. The summed E-state index contributed by atoms with van der Waals surface area (Å²) in [6.07, 6.45) is 4.94. The Morgan fingerprint density at radius 1 is 1.07 bits per heavy atom. The van der Waals surface area contributed by atoms with Crippen LogP contribution in [-0.2, 0) is 26.1 Å². The molecule has 0 fully saturated rings. The van der Waals surface area contributed by atoms with Crippen LogP contribution in [0.3, 0.4) is 0 Å². The number of aromatic nitrogens is 2. The summed E-state index contributed by atoms with van der Waals surface area (Å²) >= 11 is 1.85. The molecule has 3 rings (SSSR count).